The van der Waals surface area contributed by atoms with Crippen LogP contribution < -0.4 is 5.56 Å². The highest BCUT2D eigenvalue weighted by atomic mass is 32.2. The van der Waals surface area contributed by atoms with Crippen molar-refractivity contribution in [3.05, 3.63) is 85.8 Å². The Balaban J connectivity index is 1.69. The second kappa shape index (κ2) is 8.03. The predicted molar refractivity (Wildman–Crippen MR) is 130 cm³/mol. The maximum atomic E-state index is 13.5. The average molecular weight is 461 g/mol. The number of fused-ring (bicyclic) bond motifs is 3. The van der Waals surface area contributed by atoms with Gasteiger partial charge in [-0.25, -0.2) is 4.57 Å². The van der Waals surface area contributed by atoms with Gasteiger partial charge in [-0.2, -0.15) is 0 Å². The molecule has 0 aliphatic heterocycles. The largest absolute Gasteiger partial charge is 0.292 e. The Hall–Kier alpha value is -3.23. The number of thiophene rings is 1. The van der Waals surface area contributed by atoms with Gasteiger partial charge < -0.3 is 0 Å². The minimum atomic E-state index is -0.143. The summed E-state index contributed by atoms with van der Waals surface area (Å²) >= 11 is 2.82. The van der Waals surface area contributed by atoms with E-state index >= 15 is 0 Å². The summed E-state index contributed by atoms with van der Waals surface area (Å²) in [7, 11) is 0. The summed E-state index contributed by atoms with van der Waals surface area (Å²) in [6.07, 6.45) is 0. The number of aryl methyl sites for hydroxylation is 3. The van der Waals surface area contributed by atoms with Gasteiger partial charge in [0.05, 0.1) is 27.2 Å². The Kier molecular flexibility index (Phi) is 5.19. The van der Waals surface area contributed by atoms with Crippen LogP contribution in [0.4, 0.5) is 0 Å². The molecule has 0 aliphatic carbocycles. The Morgan fingerprint density at radius 3 is 2.62 bits per heavy atom. The van der Waals surface area contributed by atoms with Crippen molar-refractivity contribution in [1.82, 2.24) is 19.2 Å². The maximum absolute atomic E-state index is 13.5. The summed E-state index contributed by atoms with van der Waals surface area (Å²) < 4.78 is 3.49. The number of ketones is 1. The molecule has 0 bridgehead atoms. The van der Waals surface area contributed by atoms with Gasteiger partial charge in [-0.05, 0) is 62.2 Å². The van der Waals surface area contributed by atoms with Crippen LogP contribution in [0.25, 0.3) is 22.4 Å². The Morgan fingerprint density at radius 2 is 1.84 bits per heavy atom. The zero-order valence-electron chi connectivity index (χ0n) is 17.8. The van der Waals surface area contributed by atoms with E-state index in [1.165, 1.54) is 23.1 Å². The van der Waals surface area contributed by atoms with Crippen molar-refractivity contribution in [3.8, 4) is 5.69 Å². The number of carbonyl (C=O) groups is 1. The monoisotopic (exact) mass is 460 g/mol. The molecule has 5 rings (SSSR count). The Morgan fingerprint density at radius 1 is 1.03 bits per heavy atom. The first kappa shape index (κ1) is 20.7. The van der Waals surface area contributed by atoms with Gasteiger partial charge in [0.1, 0.15) is 0 Å². The van der Waals surface area contributed by atoms with Crippen LogP contribution in [0, 0.1) is 20.8 Å². The van der Waals surface area contributed by atoms with Crippen molar-refractivity contribution < 1.29 is 4.79 Å². The lowest BCUT2D eigenvalue weighted by molar-refractivity contribution is 0.102. The highest BCUT2D eigenvalue weighted by Crippen LogP contribution is 2.26. The lowest BCUT2D eigenvalue weighted by Gasteiger charge is -2.13. The number of hydrogen-bond donors (Lipinski definition) is 0. The van der Waals surface area contributed by atoms with Crippen molar-refractivity contribution >= 4 is 45.6 Å². The van der Waals surface area contributed by atoms with Crippen molar-refractivity contribution in [1.29, 1.82) is 0 Å². The summed E-state index contributed by atoms with van der Waals surface area (Å²) in [5, 5.41) is 9.89. The molecule has 6 nitrogen and oxygen atoms in total. The minimum Gasteiger partial charge on any atom is -0.292 e. The molecule has 0 radical (unpaired) electrons. The van der Waals surface area contributed by atoms with Crippen LogP contribution in [-0.2, 0) is 0 Å². The standard InChI is InChI=1S/C24H20N4O2S2/c1-14-8-9-15(2)19(12-14)27-22(30)17-6-4-5-7-18(17)28-23(27)25-26-24(28)31-13-20(29)21-11-10-16(3)32-21/h4-12H,13H2,1-3H3. The van der Waals surface area contributed by atoms with Crippen LogP contribution >= 0.6 is 23.1 Å². The molecule has 3 heterocycles. The highest BCUT2D eigenvalue weighted by Gasteiger charge is 2.20. The molecule has 160 valence electrons. The highest BCUT2D eigenvalue weighted by molar-refractivity contribution is 7.99. The van der Waals surface area contributed by atoms with Gasteiger partial charge in [0.15, 0.2) is 10.9 Å². The third-order valence-corrected chi connectivity index (χ3v) is 7.32. The fourth-order valence-electron chi connectivity index (χ4n) is 3.74. The van der Waals surface area contributed by atoms with Crippen LogP contribution in [-0.4, -0.2) is 30.7 Å². The van der Waals surface area contributed by atoms with Gasteiger partial charge in [0.25, 0.3) is 5.56 Å². The van der Waals surface area contributed by atoms with Crippen molar-refractivity contribution in [3.63, 3.8) is 0 Å². The van der Waals surface area contributed by atoms with Crippen LogP contribution in [0.5, 0.6) is 0 Å². The Labute approximate surface area is 192 Å². The van der Waals surface area contributed by atoms with E-state index in [1.807, 2.05) is 79.8 Å². The fraction of sp³-hybridized carbons (Fsp3) is 0.167. The van der Waals surface area contributed by atoms with Gasteiger partial charge >= 0.3 is 0 Å². The van der Waals surface area contributed by atoms with Gasteiger partial charge in [-0.1, -0.05) is 36.0 Å². The number of para-hydroxylation sites is 1. The first-order chi connectivity index (χ1) is 15.4. The molecule has 0 unspecified atom stereocenters. The lowest BCUT2D eigenvalue weighted by Crippen LogP contribution is -2.22. The molecule has 0 saturated heterocycles. The number of rotatable bonds is 5. The maximum Gasteiger partial charge on any atom is 0.267 e. The molecule has 3 aromatic heterocycles. The summed E-state index contributed by atoms with van der Waals surface area (Å²) in [5.41, 5.74) is 3.38. The molecular weight excluding hydrogens is 440 g/mol. The van der Waals surface area contributed by atoms with Crippen LogP contribution in [0.2, 0.25) is 0 Å². The van der Waals surface area contributed by atoms with E-state index in [0.29, 0.717) is 16.3 Å². The summed E-state index contributed by atoms with van der Waals surface area (Å²) in [4.78, 5) is 28.0. The normalized spacial score (nSPS) is 11.5. The molecule has 0 amide bonds. The Bertz CT molecular complexity index is 1560. The van der Waals surface area contributed by atoms with Gasteiger partial charge in [-0.15, -0.1) is 21.5 Å². The van der Waals surface area contributed by atoms with E-state index in [4.69, 9.17) is 0 Å². The summed E-state index contributed by atoms with van der Waals surface area (Å²) in [5.74, 6) is 0.735. The first-order valence-electron chi connectivity index (χ1n) is 10.1. The van der Waals surface area contributed by atoms with Crippen LogP contribution in [0.3, 0.4) is 0 Å². The molecule has 0 spiro atoms. The van der Waals surface area contributed by atoms with E-state index < -0.39 is 0 Å². The molecule has 32 heavy (non-hydrogen) atoms. The minimum absolute atomic E-state index is 0.0528. The predicted octanol–water partition coefficient (Wildman–Crippen LogP) is 5.00. The SMILES string of the molecule is Cc1ccc(C)c(-n2c(=O)c3ccccc3n3c(SCC(=O)c4ccc(C)s4)nnc23)c1. The van der Waals surface area contributed by atoms with Crippen LogP contribution in [0.15, 0.2) is 64.5 Å². The van der Waals surface area contributed by atoms with E-state index in [9.17, 15) is 9.59 Å². The van der Waals surface area contributed by atoms with Gasteiger partial charge in [-0.3, -0.25) is 14.0 Å². The zero-order chi connectivity index (χ0) is 22.4. The van der Waals surface area contributed by atoms with Gasteiger partial charge in [0.2, 0.25) is 5.78 Å². The number of nitrogens with zero attached hydrogens (tertiary/aromatic N) is 4. The lowest BCUT2D eigenvalue weighted by atomic mass is 10.1. The molecule has 0 saturated carbocycles. The van der Waals surface area contributed by atoms with E-state index in [1.54, 1.807) is 4.57 Å². The molecule has 5 aromatic rings. The molecular formula is C24H20N4O2S2. The number of carbonyl (C=O) groups excluding carboxylic acids is 1. The average Bonchev–Trinajstić information content (AvgIpc) is 3.41. The number of Topliss-reactive ketones (excluding diaryl/α,β-unsaturated/α-hetero) is 1. The second-order valence-electron chi connectivity index (χ2n) is 7.69. The summed E-state index contributed by atoms with van der Waals surface area (Å²) in [6.45, 7) is 5.95. The zero-order valence-corrected chi connectivity index (χ0v) is 19.5. The van der Waals surface area contributed by atoms with Crippen molar-refractivity contribution in [2.45, 2.75) is 25.9 Å². The van der Waals surface area contributed by atoms with E-state index in [0.717, 1.165) is 32.1 Å². The number of aromatic nitrogens is 4. The molecule has 8 heteroatoms. The first-order valence-corrected chi connectivity index (χ1v) is 11.9. The quantitative estimate of drug-likeness (QED) is 0.273. The van der Waals surface area contributed by atoms with E-state index in [-0.39, 0.29) is 17.1 Å². The molecule has 0 atom stereocenters. The molecule has 2 aromatic carbocycles. The fourth-order valence-corrected chi connectivity index (χ4v) is 5.45. The molecule has 0 N–H and O–H groups in total. The second-order valence-corrected chi connectivity index (χ2v) is 9.92. The summed E-state index contributed by atoms with van der Waals surface area (Å²) in [6, 6.07) is 17.2. The third-order valence-electron chi connectivity index (χ3n) is 5.35. The third kappa shape index (κ3) is 3.45. The topological polar surface area (TPSA) is 69.3 Å². The smallest absolute Gasteiger partial charge is 0.267 e. The molecule has 0 aliphatic rings. The molecule has 0 fully saturated rings. The number of thioether (sulfide) groups is 1. The van der Waals surface area contributed by atoms with Crippen molar-refractivity contribution in [2.24, 2.45) is 0 Å². The number of hydrogen-bond acceptors (Lipinski definition) is 6. The van der Waals surface area contributed by atoms with Crippen LogP contribution in [0.1, 0.15) is 25.7 Å². The van der Waals surface area contributed by atoms with E-state index in [2.05, 4.69) is 10.2 Å². The van der Waals surface area contributed by atoms with Crippen molar-refractivity contribution in [2.75, 3.05) is 5.75 Å². The van der Waals surface area contributed by atoms with Gasteiger partial charge in [0, 0.05) is 4.88 Å². The number of benzene rings is 2.